The standard InChI is InChI=1S/C12H14O3S/c13-9-10-1-3-11(4-2-10)12-5-7-16(14,15)8-6-12/h1-4,9,12H,5-8H2. The highest BCUT2D eigenvalue weighted by atomic mass is 32.2. The molecule has 1 fully saturated rings. The van der Waals surface area contributed by atoms with Gasteiger partial charge >= 0.3 is 0 Å². The zero-order valence-electron chi connectivity index (χ0n) is 8.93. The summed E-state index contributed by atoms with van der Waals surface area (Å²) in [7, 11) is -2.79. The van der Waals surface area contributed by atoms with Crippen LogP contribution in [0, 0.1) is 0 Å². The second kappa shape index (κ2) is 4.37. The highest BCUT2D eigenvalue weighted by Gasteiger charge is 2.24. The molecule has 1 aliphatic heterocycles. The first-order valence-electron chi connectivity index (χ1n) is 5.36. The van der Waals surface area contributed by atoms with Gasteiger partial charge in [0.25, 0.3) is 0 Å². The van der Waals surface area contributed by atoms with E-state index in [1.165, 1.54) is 0 Å². The summed E-state index contributed by atoms with van der Waals surface area (Å²) in [6.07, 6.45) is 2.21. The molecule has 1 saturated heterocycles. The lowest BCUT2D eigenvalue weighted by Crippen LogP contribution is -2.22. The molecule has 1 aromatic carbocycles. The molecular formula is C12H14O3S. The fraction of sp³-hybridized carbons (Fsp3) is 0.417. The van der Waals surface area contributed by atoms with E-state index >= 15 is 0 Å². The van der Waals surface area contributed by atoms with E-state index in [1.807, 2.05) is 12.1 Å². The minimum Gasteiger partial charge on any atom is -0.298 e. The molecule has 16 heavy (non-hydrogen) atoms. The Balaban J connectivity index is 2.11. The lowest BCUT2D eigenvalue weighted by atomic mass is 9.93. The predicted molar refractivity (Wildman–Crippen MR) is 62.5 cm³/mol. The minimum atomic E-state index is -2.79. The van der Waals surface area contributed by atoms with E-state index in [4.69, 9.17) is 0 Å². The average Bonchev–Trinajstić information content (AvgIpc) is 2.29. The maximum Gasteiger partial charge on any atom is 0.150 e. The SMILES string of the molecule is O=Cc1ccc(C2CCS(=O)(=O)CC2)cc1. The Morgan fingerprint density at radius 2 is 1.62 bits per heavy atom. The summed E-state index contributed by atoms with van der Waals surface area (Å²) in [5.41, 5.74) is 1.80. The van der Waals surface area contributed by atoms with E-state index in [-0.39, 0.29) is 11.5 Å². The van der Waals surface area contributed by atoms with Crippen molar-refractivity contribution in [3.63, 3.8) is 0 Å². The third kappa shape index (κ3) is 2.50. The molecular weight excluding hydrogens is 224 g/mol. The quantitative estimate of drug-likeness (QED) is 0.738. The Bertz CT molecular complexity index is 459. The van der Waals surface area contributed by atoms with Gasteiger partial charge in [-0.15, -0.1) is 0 Å². The maximum absolute atomic E-state index is 11.3. The Morgan fingerprint density at radius 1 is 1.06 bits per heavy atom. The fourth-order valence-corrected chi connectivity index (χ4v) is 3.56. The fourth-order valence-electron chi connectivity index (χ4n) is 2.07. The van der Waals surface area contributed by atoms with Crippen LogP contribution in [0.5, 0.6) is 0 Å². The van der Waals surface area contributed by atoms with Gasteiger partial charge in [-0.25, -0.2) is 8.42 Å². The van der Waals surface area contributed by atoms with Gasteiger partial charge in [-0.2, -0.15) is 0 Å². The molecule has 2 rings (SSSR count). The topological polar surface area (TPSA) is 51.2 Å². The Hall–Kier alpha value is -1.16. The number of carbonyl (C=O) groups excluding carboxylic acids is 1. The Morgan fingerprint density at radius 3 is 2.12 bits per heavy atom. The molecule has 0 bridgehead atoms. The highest BCUT2D eigenvalue weighted by Crippen LogP contribution is 2.28. The highest BCUT2D eigenvalue weighted by molar-refractivity contribution is 7.91. The van der Waals surface area contributed by atoms with Crippen LogP contribution in [-0.2, 0) is 9.84 Å². The van der Waals surface area contributed by atoms with E-state index < -0.39 is 9.84 Å². The normalized spacial score (nSPS) is 20.5. The summed E-state index contributed by atoms with van der Waals surface area (Å²) in [5.74, 6) is 0.893. The average molecular weight is 238 g/mol. The number of hydrogen-bond acceptors (Lipinski definition) is 3. The number of rotatable bonds is 2. The van der Waals surface area contributed by atoms with Crippen LogP contribution in [0.25, 0.3) is 0 Å². The van der Waals surface area contributed by atoms with Gasteiger partial charge in [-0.05, 0) is 24.3 Å². The molecule has 0 amide bonds. The molecule has 1 aromatic rings. The number of carbonyl (C=O) groups is 1. The maximum atomic E-state index is 11.3. The van der Waals surface area contributed by atoms with Crippen LogP contribution in [0.2, 0.25) is 0 Å². The second-order valence-electron chi connectivity index (χ2n) is 4.21. The lowest BCUT2D eigenvalue weighted by Gasteiger charge is -2.22. The second-order valence-corrected chi connectivity index (χ2v) is 6.51. The molecule has 0 spiro atoms. The van der Waals surface area contributed by atoms with Crippen LogP contribution < -0.4 is 0 Å². The molecule has 0 aliphatic carbocycles. The van der Waals surface area contributed by atoms with Gasteiger partial charge in [0, 0.05) is 5.56 Å². The largest absolute Gasteiger partial charge is 0.298 e. The smallest absolute Gasteiger partial charge is 0.150 e. The van der Waals surface area contributed by atoms with E-state index in [9.17, 15) is 13.2 Å². The third-order valence-electron chi connectivity index (χ3n) is 3.10. The molecule has 1 heterocycles. The summed E-state index contributed by atoms with van der Waals surface area (Å²) in [4.78, 5) is 10.5. The molecule has 86 valence electrons. The van der Waals surface area contributed by atoms with Gasteiger partial charge in [0.15, 0.2) is 0 Å². The van der Waals surface area contributed by atoms with Gasteiger partial charge in [0.05, 0.1) is 11.5 Å². The molecule has 0 aromatic heterocycles. The molecule has 0 saturated carbocycles. The Kier molecular flexibility index (Phi) is 3.10. The Labute approximate surface area is 95.4 Å². The minimum absolute atomic E-state index is 0.285. The van der Waals surface area contributed by atoms with Crippen molar-refractivity contribution in [3.8, 4) is 0 Å². The van der Waals surface area contributed by atoms with Crippen molar-refractivity contribution in [1.82, 2.24) is 0 Å². The van der Waals surface area contributed by atoms with Crippen molar-refractivity contribution in [3.05, 3.63) is 35.4 Å². The molecule has 4 heteroatoms. The molecule has 3 nitrogen and oxygen atoms in total. The van der Waals surface area contributed by atoms with Crippen LogP contribution in [0.1, 0.15) is 34.7 Å². The van der Waals surface area contributed by atoms with E-state index in [1.54, 1.807) is 12.1 Å². The van der Waals surface area contributed by atoms with Gasteiger partial charge in [0.1, 0.15) is 16.1 Å². The number of aldehydes is 1. The number of benzene rings is 1. The third-order valence-corrected chi connectivity index (χ3v) is 4.81. The van der Waals surface area contributed by atoms with E-state index in [0.717, 1.165) is 11.8 Å². The van der Waals surface area contributed by atoms with Crippen LogP contribution in [0.15, 0.2) is 24.3 Å². The van der Waals surface area contributed by atoms with Gasteiger partial charge in [-0.1, -0.05) is 24.3 Å². The summed E-state index contributed by atoms with van der Waals surface area (Å²) in [6.45, 7) is 0. The summed E-state index contributed by atoms with van der Waals surface area (Å²) < 4.78 is 22.6. The summed E-state index contributed by atoms with van der Waals surface area (Å²) in [6, 6.07) is 7.41. The monoisotopic (exact) mass is 238 g/mol. The predicted octanol–water partition coefficient (Wildman–Crippen LogP) is 1.79. The first-order valence-corrected chi connectivity index (χ1v) is 7.18. The summed E-state index contributed by atoms with van der Waals surface area (Å²) >= 11 is 0. The zero-order valence-corrected chi connectivity index (χ0v) is 9.74. The summed E-state index contributed by atoms with van der Waals surface area (Å²) in [5, 5.41) is 0. The molecule has 0 radical (unpaired) electrons. The van der Waals surface area contributed by atoms with Crippen molar-refractivity contribution >= 4 is 16.1 Å². The molecule has 0 unspecified atom stereocenters. The van der Waals surface area contributed by atoms with Gasteiger partial charge in [0.2, 0.25) is 0 Å². The van der Waals surface area contributed by atoms with Crippen LogP contribution in [-0.4, -0.2) is 26.2 Å². The van der Waals surface area contributed by atoms with Gasteiger partial charge < -0.3 is 0 Å². The van der Waals surface area contributed by atoms with Crippen molar-refractivity contribution in [1.29, 1.82) is 0 Å². The van der Waals surface area contributed by atoms with Crippen molar-refractivity contribution in [2.24, 2.45) is 0 Å². The zero-order chi connectivity index (χ0) is 11.6. The van der Waals surface area contributed by atoms with E-state index in [0.29, 0.717) is 24.3 Å². The van der Waals surface area contributed by atoms with Crippen LogP contribution in [0.3, 0.4) is 0 Å². The van der Waals surface area contributed by atoms with E-state index in [2.05, 4.69) is 0 Å². The number of hydrogen-bond donors (Lipinski definition) is 0. The molecule has 0 atom stereocenters. The van der Waals surface area contributed by atoms with Crippen LogP contribution in [0.4, 0.5) is 0 Å². The number of sulfone groups is 1. The van der Waals surface area contributed by atoms with Crippen LogP contribution >= 0.6 is 0 Å². The van der Waals surface area contributed by atoms with Gasteiger partial charge in [-0.3, -0.25) is 4.79 Å². The first kappa shape index (κ1) is 11.3. The van der Waals surface area contributed by atoms with Crippen molar-refractivity contribution in [2.75, 3.05) is 11.5 Å². The lowest BCUT2D eigenvalue weighted by molar-refractivity contribution is 0.112. The van der Waals surface area contributed by atoms with Crippen molar-refractivity contribution < 1.29 is 13.2 Å². The van der Waals surface area contributed by atoms with Crippen molar-refractivity contribution in [2.45, 2.75) is 18.8 Å². The molecule has 0 N–H and O–H groups in total. The molecule has 1 aliphatic rings. The first-order chi connectivity index (χ1) is 7.61.